The fourth-order valence-corrected chi connectivity index (χ4v) is 2.26. The van der Waals surface area contributed by atoms with Crippen molar-refractivity contribution in [3.05, 3.63) is 40.3 Å². The van der Waals surface area contributed by atoms with Crippen LogP contribution in [0.15, 0.2) is 39.6 Å². The highest BCUT2D eigenvalue weighted by Gasteiger charge is 2.47. The molecule has 2 rings (SSSR count). The third kappa shape index (κ3) is 3.10. The van der Waals surface area contributed by atoms with Crippen molar-refractivity contribution in [2.75, 3.05) is 0 Å². The first kappa shape index (κ1) is 16.0. The van der Waals surface area contributed by atoms with Gasteiger partial charge < -0.3 is 4.74 Å². The molecule has 0 bridgehead atoms. The van der Waals surface area contributed by atoms with Crippen molar-refractivity contribution >= 4 is 11.7 Å². The Morgan fingerprint density at radius 3 is 2.52 bits per heavy atom. The summed E-state index contributed by atoms with van der Waals surface area (Å²) in [7, 11) is 0. The molecule has 0 N–H and O–H groups in total. The van der Waals surface area contributed by atoms with E-state index in [1.165, 1.54) is 0 Å². The van der Waals surface area contributed by atoms with Crippen molar-refractivity contribution in [3.63, 3.8) is 0 Å². The number of azo groups is 1. The van der Waals surface area contributed by atoms with Gasteiger partial charge in [-0.2, -0.15) is 20.8 Å². The Hall–Kier alpha value is -3.42. The van der Waals surface area contributed by atoms with Crippen molar-refractivity contribution in [1.82, 2.24) is 0 Å². The number of cyclic esters (lactones) is 1. The lowest BCUT2D eigenvalue weighted by molar-refractivity contribution is -0.149. The average Bonchev–Trinajstić information content (AvgIpc) is 2.84. The summed E-state index contributed by atoms with van der Waals surface area (Å²) < 4.78 is 5.26. The van der Waals surface area contributed by atoms with E-state index in [1.54, 1.807) is 43.3 Å². The Balaban J connectivity index is 2.31. The van der Waals surface area contributed by atoms with Crippen LogP contribution in [-0.4, -0.2) is 12.0 Å². The lowest BCUT2D eigenvalue weighted by Gasteiger charge is -2.26. The summed E-state index contributed by atoms with van der Waals surface area (Å²) in [5, 5.41) is 28.3. The molecule has 0 saturated carbocycles. The van der Waals surface area contributed by atoms with Crippen molar-refractivity contribution in [2.24, 2.45) is 21.3 Å². The minimum atomic E-state index is -1.37. The second-order valence-electron chi connectivity index (χ2n) is 4.89. The summed E-state index contributed by atoms with van der Waals surface area (Å²) in [6.45, 7) is 1.76. The molecule has 1 aromatic rings. The zero-order valence-electron chi connectivity index (χ0n) is 12.1. The minimum absolute atomic E-state index is 0.159. The van der Waals surface area contributed by atoms with Gasteiger partial charge in [0.1, 0.15) is 12.1 Å². The highest BCUT2D eigenvalue weighted by atomic mass is 16.6. The van der Waals surface area contributed by atoms with Crippen LogP contribution in [0.25, 0.3) is 10.4 Å². The number of rotatable bonds is 4. The topological polar surface area (TPSA) is 147 Å². The molecule has 0 amide bonds. The van der Waals surface area contributed by atoms with Crippen LogP contribution < -0.4 is 0 Å². The fourth-order valence-electron chi connectivity index (χ4n) is 2.26. The molecule has 1 aliphatic rings. The lowest BCUT2D eigenvalue weighted by atomic mass is 9.91. The standard InChI is InChI=1S/C14H11N7O2/c1-9-6-13(22)23-14(9,20-21-17)10-2-4-11(5-3-10)18-19-12(7-15)8-16/h2-5,9,12H,6H2,1H3. The number of azide groups is 1. The van der Waals surface area contributed by atoms with Gasteiger partial charge in [-0.1, -0.05) is 19.1 Å². The van der Waals surface area contributed by atoms with Gasteiger partial charge in [0.15, 0.2) is 0 Å². The zero-order valence-corrected chi connectivity index (χ0v) is 12.1. The number of hydrogen-bond acceptors (Lipinski definition) is 7. The van der Waals surface area contributed by atoms with E-state index in [4.69, 9.17) is 20.8 Å². The fraction of sp³-hybridized carbons (Fsp3) is 0.357. The van der Waals surface area contributed by atoms with Crippen LogP contribution in [0.2, 0.25) is 0 Å². The van der Waals surface area contributed by atoms with Crippen LogP contribution in [0.5, 0.6) is 0 Å². The van der Waals surface area contributed by atoms with Crippen molar-refractivity contribution < 1.29 is 9.53 Å². The molecule has 9 nitrogen and oxygen atoms in total. The van der Waals surface area contributed by atoms with Crippen molar-refractivity contribution in [2.45, 2.75) is 25.1 Å². The summed E-state index contributed by atoms with van der Waals surface area (Å²) in [6, 6.07) is 8.53. The molecule has 1 saturated heterocycles. The molecule has 1 aromatic carbocycles. The van der Waals surface area contributed by atoms with Gasteiger partial charge in [-0.15, -0.1) is 0 Å². The SMILES string of the molecule is CC1CC(=O)OC1(N=[N+]=[N-])c1ccc(N=NC(C#N)C#N)cc1. The highest BCUT2D eigenvalue weighted by molar-refractivity contribution is 5.73. The van der Waals surface area contributed by atoms with Crippen LogP contribution in [0.3, 0.4) is 0 Å². The third-order valence-corrected chi connectivity index (χ3v) is 3.42. The lowest BCUT2D eigenvalue weighted by Crippen LogP contribution is -2.28. The van der Waals surface area contributed by atoms with Gasteiger partial charge in [-0.25, -0.2) is 0 Å². The number of esters is 1. The molecular formula is C14H11N7O2. The molecule has 9 heteroatoms. The maximum Gasteiger partial charge on any atom is 0.307 e. The highest BCUT2D eigenvalue weighted by Crippen LogP contribution is 2.43. The number of nitrogens with zero attached hydrogens (tertiary/aromatic N) is 7. The summed E-state index contributed by atoms with van der Waals surface area (Å²) >= 11 is 0. The molecule has 2 atom stereocenters. The molecule has 1 aliphatic heterocycles. The Bertz CT molecular complexity index is 754. The Kier molecular flexibility index (Phi) is 4.55. The summed E-state index contributed by atoms with van der Waals surface area (Å²) in [5.74, 6) is -0.737. The van der Waals surface area contributed by atoms with Crippen LogP contribution >= 0.6 is 0 Å². The number of nitriles is 2. The molecule has 114 valence electrons. The van der Waals surface area contributed by atoms with E-state index < -0.39 is 17.7 Å². The normalized spacial score (nSPS) is 23.1. The maximum atomic E-state index is 11.5. The van der Waals surface area contributed by atoms with Gasteiger partial charge in [0.25, 0.3) is 0 Å². The van der Waals surface area contributed by atoms with E-state index in [9.17, 15) is 4.79 Å². The second-order valence-corrected chi connectivity index (χ2v) is 4.89. The molecule has 0 aromatic heterocycles. The van der Waals surface area contributed by atoms with Crippen LogP contribution in [0, 0.1) is 28.6 Å². The largest absolute Gasteiger partial charge is 0.448 e. The summed E-state index contributed by atoms with van der Waals surface area (Å²) in [4.78, 5) is 14.3. The number of carbonyl (C=O) groups is 1. The van der Waals surface area contributed by atoms with E-state index in [0.717, 1.165) is 0 Å². The number of carbonyl (C=O) groups excluding carboxylic acids is 1. The first-order chi connectivity index (χ1) is 11.1. The predicted molar refractivity (Wildman–Crippen MR) is 76.7 cm³/mol. The van der Waals surface area contributed by atoms with Gasteiger partial charge in [0.05, 0.1) is 12.1 Å². The quantitative estimate of drug-likeness (QED) is 0.363. The Labute approximate surface area is 131 Å². The Morgan fingerprint density at radius 1 is 1.39 bits per heavy atom. The molecular weight excluding hydrogens is 298 g/mol. The van der Waals surface area contributed by atoms with Crippen LogP contribution in [0.1, 0.15) is 18.9 Å². The molecule has 0 spiro atoms. The van der Waals surface area contributed by atoms with E-state index in [-0.39, 0.29) is 12.3 Å². The molecule has 2 unspecified atom stereocenters. The van der Waals surface area contributed by atoms with Crippen LogP contribution in [-0.2, 0) is 15.3 Å². The molecule has 1 heterocycles. The van der Waals surface area contributed by atoms with E-state index in [1.807, 2.05) is 0 Å². The van der Waals surface area contributed by atoms with E-state index in [2.05, 4.69) is 20.3 Å². The van der Waals surface area contributed by atoms with Gasteiger partial charge in [-0.3, -0.25) is 4.79 Å². The van der Waals surface area contributed by atoms with Gasteiger partial charge in [-0.05, 0) is 22.8 Å². The second kappa shape index (κ2) is 6.56. The van der Waals surface area contributed by atoms with Gasteiger partial charge in [0, 0.05) is 16.4 Å². The van der Waals surface area contributed by atoms with Crippen LogP contribution in [0.4, 0.5) is 5.69 Å². The first-order valence-corrected chi connectivity index (χ1v) is 6.64. The first-order valence-electron chi connectivity index (χ1n) is 6.64. The maximum absolute atomic E-state index is 11.5. The molecule has 23 heavy (non-hydrogen) atoms. The monoisotopic (exact) mass is 309 g/mol. The Morgan fingerprint density at radius 2 is 2.04 bits per heavy atom. The number of hydrogen-bond donors (Lipinski definition) is 0. The number of benzene rings is 1. The smallest absolute Gasteiger partial charge is 0.307 e. The summed E-state index contributed by atoms with van der Waals surface area (Å²) in [6.07, 6.45) is 0.159. The van der Waals surface area contributed by atoms with Gasteiger partial charge >= 0.3 is 5.97 Å². The zero-order chi connectivity index (χ0) is 16.9. The number of ether oxygens (including phenoxy) is 1. The van der Waals surface area contributed by atoms with Crippen molar-refractivity contribution in [3.8, 4) is 12.1 Å². The van der Waals surface area contributed by atoms with E-state index in [0.29, 0.717) is 11.3 Å². The van der Waals surface area contributed by atoms with Gasteiger partial charge in [0.2, 0.25) is 11.8 Å². The molecule has 0 radical (unpaired) electrons. The average molecular weight is 309 g/mol. The molecule has 0 aliphatic carbocycles. The minimum Gasteiger partial charge on any atom is -0.448 e. The van der Waals surface area contributed by atoms with E-state index >= 15 is 0 Å². The predicted octanol–water partition coefficient (Wildman–Crippen LogP) is 3.23. The molecule has 1 fully saturated rings. The third-order valence-electron chi connectivity index (χ3n) is 3.42. The van der Waals surface area contributed by atoms with Crippen molar-refractivity contribution in [1.29, 1.82) is 10.5 Å². The summed E-state index contributed by atoms with van der Waals surface area (Å²) in [5.41, 5.74) is 8.34.